The molecule has 0 atom stereocenters. The van der Waals surface area contributed by atoms with Crippen molar-refractivity contribution in [1.29, 1.82) is 0 Å². The van der Waals surface area contributed by atoms with Crippen molar-refractivity contribution >= 4 is 0 Å². The molecule has 0 amide bonds. The Morgan fingerprint density at radius 1 is 1.44 bits per heavy atom. The first kappa shape index (κ1) is 10.8. The van der Waals surface area contributed by atoms with Crippen LogP contribution in [0.5, 0.6) is 0 Å². The molecule has 0 unspecified atom stereocenters. The van der Waals surface area contributed by atoms with Crippen molar-refractivity contribution in [3.05, 3.63) is 30.6 Å². The van der Waals surface area contributed by atoms with Crippen molar-refractivity contribution in [3.8, 4) is 0 Å². The first-order chi connectivity index (χ1) is 7.90. The number of aromatic nitrogens is 5. The number of nitrogens with zero attached hydrogens (tertiary/aromatic N) is 5. The molecule has 0 bridgehead atoms. The Hall–Kier alpha value is -1.69. The predicted molar refractivity (Wildman–Crippen MR) is 59.6 cm³/mol. The Balaban J connectivity index is 1.72. The fourth-order valence-electron chi connectivity index (χ4n) is 1.51. The van der Waals surface area contributed by atoms with E-state index in [-0.39, 0.29) is 0 Å². The summed E-state index contributed by atoms with van der Waals surface area (Å²) in [5, 5.41) is 15.4. The van der Waals surface area contributed by atoms with Gasteiger partial charge in [-0.1, -0.05) is 0 Å². The zero-order valence-electron chi connectivity index (χ0n) is 9.37. The summed E-state index contributed by atoms with van der Waals surface area (Å²) in [7, 11) is 0. The van der Waals surface area contributed by atoms with Crippen molar-refractivity contribution in [2.24, 2.45) is 0 Å². The van der Waals surface area contributed by atoms with E-state index in [9.17, 15) is 0 Å². The van der Waals surface area contributed by atoms with Crippen LogP contribution in [0.15, 0.2) is 24.8 Å². The van der Waals surface area contributed by atoms with Crippen molar-refractivity contribution in [1.82, 2.24) is 29.9 Å². The number of nitrogens with one attached hydrogen (secondary N) is 1. The molecule has 0 radical (unpaired) electrons. The fraction of sp³-hybridized carbons (Fsp3) is 0.500. The van der Waals surface area contributed by atoms with Crippen molar-refractivity contribution < 1.29 is 0 Å². The number of hydrogen-bond acceptors (Lipinski definition) is 4. The first-order valence-electron chi connectivity index (χ1n) is 5.45. The Morgan fingerprint density at radius 3 is 3.12 bits per heavy atom. The second-order valence-electron chi connectivity index (χ2n) is 3.48. The third-order valence-electron chi connectivity index (χ3n) is 2.40. The molecule has 0 aliphatic rings. The third kappa shape index (κ3) is 2.66. The minimum absolute atomic E-state index is 0.745. The van der Waals surface area contributed by atoms with Crippen LogP contribution in [0, 0.1) is 0 Å². The largest absolute Gasteiger partial charge is 0.317 e. The molecular formula is C10H16N6. The summed E-state index contributed by atoms with van der Waals surface area (Å²) in [4.78, 5) is 0. The molecule has 1 N–H and O–H groups in total. The molecule has 86 valence electrons. The van der Waals surface area contributed by atoms with Gasteiger partial charge in [0, 0.05) is 25.5 Å². The van der Waals surface area contributed by atoms with Crippen molar-refractivity contribution in [2.75, 3.05) is 6.54 Å². The highest BCUT2D eigenvalue weighted by atomic mass is 15.3. The summed E-state index contributed by atoms with van der Waals surface area (Å²) in [6.07, 6.45) is 5.49. The highest BCUT2D eigenvalue weighted by Crippen LogP contribution is 1.93. The smallest absolute Gasteiger partial charge is 0.146 e. The van der Waals surface area contributed by atoms with Gasteiger partial charge in [-0.3, -0.25) is 4.68 Å². The summed E-state index contributed by atoms with van der Waals surface area (Å²) in [5.74, 6) is 0.975. The standard InChI is InChI=1S/C10H16N6/c1-2-15-9-12-14-10(15)8-11-5-7-16-6-3-4-13-16/h3-4,6,9,11H,2,5,7-8H2,1H3. The lowest BCUT2D eigenvalue weighted by Crippen LogP contribution is -2.21. The van der Waals surface area contributed by atoms with Crippen LogP contribution in [-0.4, -0.2) is 31.1 Å². The summed E-state index contributed by atoms with van der Waals surface area (Å²) in [6.45, 7) is 5.47. The molecule has 0 spiro atoms. The van der Waals surface area contributed by atoms with Crippen LogP contribution in [0.2, 0.25) is 0 Å². The molecule has 0 saturated heterocycles. The van der Waals surface area contributed by atoms with Gasteiger partial charge in [0.05, 0.1) is 13.1 Å². The molecule has 0 aliphatic heterocycles. The van der Waals surface area contributed by atoms with Gasteiger partial charge < -0.3 is 9.88 Å². The van der Waals surface area contributed by atoms with Crippen LogP contribution < -0.4 is 5.32 Å². The van der Waals surface area contributed by atoms with E-state index in [1.165, 1.54) is 0 Å². The quantitative estimate of drug-likeness (QED) is 0.711. The van der Waals surface area contributed by atoms with Gasteiger partial charge in [0.1, 0.15) is 12.2 Å². The lowest BCUT2D eigenvalue weighted by Gasteiger charge is -2.05. The van der Waals surface area contributed by atoms with Gasteiger partial charge in [-0.2, -0.15) is 5.10 Å². The summed E-state index contributed by atoms with van der Waals surface area (Å²) in [6, 6.07) is 1.92. The minimum Gasteiger partial charge on any atom is -0.317 e. The van der Waals surface area contributed by atoms with Gasteiger partial charge in [0.25, 0.3) is 0 Å². The lowest BCUT2D eigenvalue weighted by atomic mass is 10.5. The van der Waals surface area contributed by atoms with E-state index in [2.05, 4.69) is 27.5 Å². The maximum Gasteiger partial charge on any atom is 0.146 e. The number of hydrogen-bond donors (Lipinski definition) is 1. The average molecular weight is 220 g/mol. The molecule has 0 aliphatic carbocycles. The Labute approximate surface area is 94.3 Å². The van der Waals surface area contributed by atoms with Crippen LogP contribution in [0.3, 0.4) is 0 Å². The monoisotopic (exact) mass is 220 g/mol. The van der Waals surface area contributed by atoms with E-state index >= 15 is 0 Å². The summed E-state index contributed by atoms with van der Waals surface area (Å²) >= 11 is 0. The topological polar surface area (TPSA) is 60.6 Å². The first-order valence-corrected chi connectivity index (χ1v) is 5.45. The molecule has 2 aromatic rings. The summed E-state index contributed by atoms with van der Waals surface area (Å²) < 4.78 is 3.93. The average Bonchev–Trinajstić information content (AvgIpc) is 2.95. The molecule has 6 nitrogen and oxygen atoms in total. The van der Waals surface area contributed by atoms with E-state index in [0.29, 0.717) is 0 Å². The second kappa shape index (κ2) is 5.41. The zero-order chi connectivity index (χ0) is 11.2. The van der Waals surface area contributed by atoms with Gasteiger partial charge in [-0.25, -0.2) is 0 Å². The highest BCUT2D eigenvalue weighted by Gasteiger charge is 2.00. The van der Waals surface area contributed by atoms with Crippen molar-refractivity contribution in [3.63, 3.8) is 0 Å². The SMILES string of the molecule is CCn1cnnc1CNCCn1cccn1. The van der Waals surface area contributed by atoms with E-state index in [4.69, 9.17) is 0 Å². The lowest BCUT2D eigenvalue weighted by molar-refractivity contribution is 0.537. The maximum atomic E-state index is 4.13. The predicted octanol–water partition coefficient (Wildman–Crippen LogP) is 0.284. The van der Waals surface area contributed by atoms with Crippen molar-refractivity contribution in [2.45, 2.75) is 26.6 Å². The maximum absolute atomic E-state index is 4.13. The normalized spacial score (nSPS) is 10.8. The van der Waals surface area contributed by atoms with Crippen LogP contribution >= 0.6 is 0 Å². The molecule has 2 aromatic heterocycles. The van der Waals surface area contributed by atoms with Crippen LogP contribution in [0.25, 0.3) is 0 Å². The minimum atomic E-state index is 0.745. The van der Waals surface area contributed by atoms with Crippen LogP contribution in [0.1, 0.15) is 12.7 Å². The van der Waals surface area contributed by atoms with E-state index in [0.717, 1.165) is 32.0 Å². The molecule has 0 saturated carbocycles. The number of aryl methyl sites for hydroxylation is 1. The van der Waals surface area contributed by atoms with Crippen LogP contribution in [0.4, 0.5) is 0 Å². The molecule has 6 heteroatoms. The fourth-order valence-corrected chi connectivity index (χ4v) is 1.51. The molecule has 16 heavy (non-hydrogen) atoms. The van der Waals surface area contributed by atoms with E-state index < -0.39 is 0 Å². The van der Waals surface area contributed by atoms with Gasteiger partial charge in [-0.15, -0.1) is 10.2 Å². The Bertz CT molecular complexity index is 405. The Morgan fingerprint density at radius 2 is 2.38 bits per heavy atom. The zero-order valence-corrected chi connectivity index (χ0v) is 9.37. The van der Waals surface area contributed by atoms with Crippen LogP contribution in [-0.2, 0) is 19.6 Å². The Kier molecular flexibility index (Phi) is 3.66. The van der Waals surface area contributed by atoms with Gasteiger partial charge >= 0.3 is 0 Å². The van der Waals surface area contributed by atoms with Gasteiger partial charge in [-0.05, 0) is 13.0 Å². The third-order valence-corrected chi connectivity index (χ3v) is 2.40. The van der Waals surface area contributed by atoms with E-state index in [1.54, 1.807) is 12.5 Å². The van der Waals surface area contributed by atoms with Gasteiger partial charge in [0.15, 0.2) is 0 Å². The van der Waals surface area contributed by atoms with E-state index in [1.807, 2.05) is 21.5 Å². The molecule has 2 rings (SSSR count). The number of rotatable bonds is 6. The summed E-state index contributed by atoms with van der Waals surface area (Å²) in [5.41, 5.74) is 0. The molecular weight excluding hydrogens is 204 g/mol. The molecule has 2 heterocycles. The highest BCUT2D eigenvalue weighted by molar-refractivity contribution is 4.84. The molecule has 0 fully saturated rings. The molecule has 0 aromatic carbocycles. The van der Waals surface area contributed by atoms with Gasteiger partial charge in [0.2, 0.25) is 0 Å². The second-order valence-corrected chi connectivity index (χ2v) is 3.48.